The highest BCUT2D eigenvalue weighted by Gasteiger charge is 2.29. The van der Waals surface area contributed by atoms with Crippen molar-refractivity contribution in [3.8, 4) is 0 Å². The molecule has 0 aliphatic carbocycles. The molecule has 1 amide bonds. The van der Waals surface area contributed by atoms with Crippen molar-refractivity contribution in [3.05, 3.63) is 29.8 Å². The number of thioether (sulfide) groups is 1. The van der Waals surface area contributed by atoms with Crippen molar-refractivity contribution in [3.63, 3.8) is 0 Å². The molecule has 2 rings (SSSR count). The predicted molar refractivity (Wildman–Crippen MR) is 83.5 cm³/mol. The molecular weight excluding hydrogens is 280 g/mol. The summed E-state index contributed by atoms with van der Waals surface area (Å²) in [7, 11) is 1.94. The van der Waals surface area contributed by atoms with Gasteiger partial charge in [0.15, 0.2) is 0 Å². The van der Waals surface area contributed by atoms with Crippen LogP contribution in [0.15, 0.2) is 29.2 Å². The number of rotatable bonds is 4. The van der Waals surface area contributed by atoms with Gasteiger partial charge in [-0.25, -0.2) is 0 Å². The average Bonchev–Trinajstić information content (AvgIpc) is 2.86. The van der Waals surface area contributed by atoms with Gasteiger partial charge in [-0.3, -0.25) is 4.79 Å². The standard InChI is InChI=1S/C14H20N2OS.ClH/c1-15-10-11-6-5-9-16(11)14(17)12-7-3-4-8-13(12)18-2;/h3-4,7-8,11,15H,5-6,9-10H2,1-2H3;1H. The van der Waals surface area contributed by atoms with Gasteiger partial charge in [0.25, 0.3) is 5.91 Å². The first-order chi connectivity index (χ1) is 8.77. The highest BCUT2D eigenvalue weighted by molar-refractivity contribution is 7.98. The monoisotopic (exact) mass is 300 g/mol. The van der Waals surface area contributed by atoms with E-state index in [0.29, 0.717) is 6.04 Å². The highest BCUT2D eigenvalue weighted by Crippen LogP contribution is 2.25. The Hall–Kier alpha value is -0.710. The Morgan fingerprint density at radius 2 is 2.21 bits per heavy atom. The van der Waals surface area contributed by atoms with E-state index < -0.39 is 0 Å². The van der Waals surface area contributed by atoms with Crippen LogP contribution in [-0.2, 0) is 0 Å². The van der Waals surface area contributed by atoms with Crippen LogP contribution in [0.25, 0.3) is 0 Å². The highest BCUT2D eigenvalue weighted by atomic mass is 35.5. The molecule has 0 radical (unpaired) electrons. The van der Waals surface area contributed by atoms with Crippen LogP contribution in [0.4, 0.5) is 0 Å². The van der Waals surface area contributed by atoms with Crippen LogP contribution in [0, 0.1) is 0 Å². The molecule has 1 saturated heterocycles. The Kier molecular flexibility index (Phi) is 6.69. The number of hydrogen-bond donors (Lipinski definition) is 1. The lowest BCUT2D eigenvalue weighted by molar-refractivity contribution is 0.0733. The van der Waals surface area contributed by atoms with Crippen LogP contribution in [0.2, 0.25) is 0 Å². The summed E-state index contributed by atoms with van der Waals surface area (Å²) in [5.41, 5.74) is 0.841. The molecule has 0 spiro atoms. The van der Waals surface area contributed by atoms with Crippen molar-refractivity contribution in [2.45, 2.75) is 23.8 Å². The average molecular weight is 301 g/mol. The number of hydrogen-bond acceptors (Lipinski definition) is 3. The first-order valence-corrected chi connectivity index (χ1v) is 7.59. The minimum atomic E-state index is 0. The van der Waals surface area contributed by atoms with E-state index in [4.69, 9.17) is 0 Å². The maximum absolute atomic E-state index is 12.6. The second-order valence-electron chi connectivity index (χ2n) is 4.55. The molecule has 1 aliphatic rings. The molecule has 1 atom stereocenters. The molecule has 0 aromatic heterocycles. The van der Waals surface area contributed by atoms with Gasteiger partial charge in [-0.05, 0) is 38.3 Å². The number of likely N-dealkylation sites (N-methyl/N-ethyl adjacent to an activating group) is 1. The molecule has 5 heteroatoms. The van der Waals surface area contributed by atoms with Crippen LogP contribution < -0.4 is 5.32 Å². The Labute approximate surface area is 125 Å². The van der Waals surface area contributed by atoms with E-state index in [0.717, 1.165) is 36.4 Å². The van der Waals surface area contributed by atoms with E-state index in [2.05, 4.69) is 5.32 Å². The lowest BCUT2D eigenvalue weighted by Crippen LogP contribution is -2.41. The number of carbonyl (C=O) groups is 1. The first kappa shape index (κ1) is 16.3. The summed E-state index contributed by atoms with van der Waals surface area (Å²) in [6.07, 6.45) is 4.23. The zero-order valence-corrected chi connectivity index (χ0v) is 13.0. The van der Waals surface area contributed by atoms with Crippen molar-refractivity contribution in [2.24, 2.45) is 0 Å². The van der Waals surface area contributed by atoms with E-state index in [1.165, 1.54) is 0 Å². The van der Waals surface area contributed by atoms with E-state index >= 15 is 0 Å². The number of benzene rings is 1. The van der Waals surface area contributed by atoms with Crippen LogP contribution in [0.5, 0.6) is 0 Å². The molecule has 1 aliphatic heterocycles. The van der Waals surface area contributed by atoms with Gasteiger partial charge < -0.3 is 10.2 Å². The SMILES string of the molecule is CNCC1CCCN1C(=O)c1ccccc1SC.Cl. The summed E-state index contributed by atoms with van der Waals surface area (Å²) in [4.78, 5) is 15.7. The zero-order chi connectivity index (χ0) is 13.0. The summed E-state index contributed by atoms with van der Waals surface area (Å²) >= 11 is 1.63. The van der Waals surface area contributed by atoms with Crippen molar-refractivity contribution < 1.29 is 4.79 Å². The van der Waals surface area contributed by atoms with Crippen LogP contribution >= 0.6 is 24.2 Å². The number of carbonyl (C=O) groups excluding carboxylic acids is 1. The Bertz CT molecular complexity index is 428. The van der Waals surface area contributed by atoms with Crippen LogP contribution in [0.3, 0.4) is 0 Å². The van der Waals surface area contributed by atoms with Gasteiger partial charge in [-0.1, -0.05) is 12.1 Å². The topological polar surface area (TPSA) is 32.3 Å². The van der Waals surface area contributed by atoms with E-state index in [9.17, 15) is 4.79 Å². The van der Waals surface area contributed by atoms with Gasteiger partial charge >= 0.3 is 0 Å². The van der Waals surface area contributed by atoms with Gasteiger partial charge in [0.1, 0.15) is 0 Å². The number of halogens is 1. The number of likely N-dealkylation sites (tertiary alicyclic amines) is 1. The molecule has 1 aromatic rings. The Morgan fingerprint density at radius 3 is 2.89 bits per heavy atom. The van der Waals surface area contributed by atoms with Gasteiger partial charge in [-0.15, -0.1) is 24.2 Å². The maximum Gasteiger partial charge on any atom is 0.255 e. The fourth-order valence-electron chi connectivity index (χ4n) is 2.53. The molecule has 1 N–H and O–H groups in total. The fourth-order valence-corrected chi connectivity index (χ4v) is 3.12. The molecule has 1 unspecified atom stereocenters. The smallest absolute Gasteiger partial charge is 0.255 e. The molecule has 19 heavy (non-hydrogen) atoms. The Balaban J connectivity index is 0.00000180. The minimum Gasteiger partial charge on any atom is -0.334 e. The number of nitrogens with one attached hydrogen (secondary N) is 1. The summed E-state index contributed by atoms with van der Waals surface area (Å²) in [5.74, 6) is 0.178. The summed E-state index contributed by atoms with van der Waals surface area (Å²) in [6.45, 7) is 1.76. The van der Waals surface area contributed by atoms with Crippen LogP contribution in [0.1, 0.15) is 23.2 Å². The largest absolute Gasteiger partial charge is 0.334 e. The predicted octanol–water partition coefficient (Wildman–Crippen LogP) is 2.65. The lowest BCUT2D eigenvalue weighted by Gasteiger charge is -2.25. The summed E-state index contributed by atoms with van der Waals surface area (Å²) in [5, 5.41) is 3.18. The fraction of sp³-hybridized carbons (Fsp3) is 0.500. The van der Waals surface area contributed by atoms with Crippen molar-refractivity contribution in [2.75, 3.05) is 26.4 Å². The van der Waals surface area contributed by atoms with Gasteiger partial charge in [0.05, 0.1) is 5.56 Å². The van der Waals surface area contributed by atoms with Crippen molar-refractivity contribution in [1.29, 1.82) is 0 Å². The lowest BCUT2D eigenvalue weighted by atomic mass is 10.1. The van der Waals surface area contributed by atoms with Crippen molar-refractivity contribution >= 4 is 30.1 Å². The van der Waals surface area contributed by atoms with E-state index in [-0.39, 0.29) is 18.3 Å². The molecule has 1 heterocycles. The molecule has 106 valence electrons. The molecule has 1 aromatic carbocycles. The first-order valence-electron chi connectivity index (χ1n) is 6.36. The van der Waals surface area contributed by atoms with Crippen LogP contribution in [-0.4, -0.2) is 43.2 Å². The second kappa shape index (κ2) is 7.78. The van der Waals surface area contributed by atoms with E-state index in [1.54, 1.807) is 11.8 Å². The summed E-state index contributed by atoms with van der Waals surface area (Å²) in [6, 6.07) is 8.22. The third-order valence-electron chi connectivity index (χ3n) is 3.42. The van der Waals surface area contributed by atoms with E-state index in [1.807, 2.05) is 42.5 Å². The zero-order valence-electron chi connectivity index (χ0n) is 11.4. The maximum atomic E-state index is 12.6. The number of amides is 1. The third kappa shape index (κ3) is 3.65. The van der Waals surface area contributed by atoms with Gasteiger partial charge in [-0.2, -0.15) is 0 Å². The molecule has 0 saturated carbocycles. The minimum absolute atomic E-state index is 0. The summed E-state index contributed by atoms with van der Waals surface area (Å²) < 4.78 is 0. The van der Waals surface area contributed by atoms with Crippen molar-refractivity contribution in [1.82, 2.24) is 10.2 Å². The molecular formula is C14H21ClN2OS. The third-order valence-corrected chi connectivity index (χ3v) is 4.21. The van der Waals surface area contributed by atoms with Gasteiger partial charge in [0, 0.05) is 24.0 Å². The Morgan fingerprint density at radius 1 is 1.47 bits per heavy atom. The molecule has 0 bridgehead atoms. The molecule has 1 fully saturated rings. The molecule has 3 nitrogen and oxygen atoms in total. The van der Waals surface area contributed by atoms with Gasteiger partial charge in [0.2, 0.25) is 0 Å². The normalized spacial score (nSPS) is 18.2. The second-order valence-corrected chi connectivity index (χ2v) is 5.40. The quantitative estimate of drug-likeness (QED) is 0.868. The number of nitrogens with zero attached hydrogens (tertiary/aromatic N) is 1.